The molecule has 2 rings (SSSR count). The standard InChI is InChI=1S/C17H19F3N4/c1-4-5-12-10-13(17(18,19)20)6-7-14(12)24(11(2)3)15-8-9-22-16(21)23-15/h4-11H,1-3H3,(H2,21,22,23)/b5-4+. The van der Waals surface area contributed by atoms with Gasteiger partial charge in [0.15, 0.2) is 0 Å². The first-order chi connectivity index (χ1) is 11.2. The molecule has 0 spiro atoms. The van der Waals surface area contributed by atoms with Crippen LogP contribution in [0, 0.1) is 0 Å². The number of halogens is 3. The first kappa shape index (κ1) is 17.8. The van der Waals surface area contributed by atoms with Gasteiger partial charge in [0.2, 0.25) is 5.95 Å². The molecule has 0 fully saturated rings. The Morgan fingerprint density at radius 2 is 1.92 bits per heavy atom. The third-order valence-electron chi connectivity index (χ3n) is 3.38. The Hall–Kier alpha value is -2.57. The minimum Gasteiger partial charge on any atom is -0.368 e. The summed E-state index contributed by atoms with van der Waals surface area (Å²) in [5.74, 6) is 0.639. The van der Waals surface area contributed by atoms with Crippen molar-refractivity contribution in [3.8, 4) is 0 Å². The van der Waals surface area contributed by atoms with E-state index in [0.29, 0.717) is 17.1 Å². The van der Waals surface area contributed by atoms with Gasteiger partial charge in [0, 0.05) is 17.9 Å². The van der Waals surface area contributed by atoms with Crippen molar-refractivity contribution in [1.82, 2.24) is 9.97 Å². The molecule has 0 aliphatic heterocycles. The fraction of sp³-hybridized carbons (Fsp3) is 0.294. The highest BCUT2D eigenvalue weighted by atomic mass is 19.4. The van der Waals surface area contributed by atoms with Gasteiger partial charge in [0.25, 0.3) is 0 Å². The number of anilines is 3. The number of nitrogens with two attached hydrogens (primary N) is 1. The fourth-order valence-corrected chi connectivity index (χ4v) is 2.43. The molecule has 4 nitrogen and oxygen atoms in total. The fourth-order valence-electron chi connectivity index (χ4n) is 2.43. The number of allylic oxidation sites excluding steroid dienone is 1. The van der Waals surface area contributed by atoms with Crippen LogP contribution >= 0.6 is 0 Å². The van der Waals surface area contributed by atoms with Gasteiger partial charge in [-0.15, -0.1) is 0 Å². The Labute approximate surface area is 138 Å². The maximum absolute atomic E-state index is 13.0. The molecule has 0 saturated carbocycles. The lowest BCUT2D eigenvalue weighted by atomic mass is 10.1. The molecule has 0 amide bonds. The predicted octanol–water partition coefficient (Wildman–Crippen LogP) is 4.66. The average Bonchev–Trinajstić information content (AvgIpc) is 2.48. The molecule has 2 aromatic rings. The zero-order valence-corrected chi connectivity index (χ0v) is 13.7. The van der Waals surface area contributed by atoms with E-state index in [-0.39, 0.29) is 12.0 Å². The van der Waals surface area contributed by atoms with Crippen LogP contribution in [0.2, 0.25) is 0 Å². The molecule has 0 bridgehead atoms. The zero-order chi connectivity index (χ0) is 17.9. The highest BCUT2D eigenvalue weighted by Crippen LogP contribution is 2.36. The smallest absolute Gasteiger partial charge is 0.368 e. The second-order valence-electron chi connectivity index (χ2n) is 5.51. The number of hydrogen-bond donors (Lipinski definition) is 1. The lowest BCUT2D eigenvalue weighted by Gasteiger charge is -2.30. The van der Waals surface area contributed by atoms with E-state index in [2.05, 4.69) is 9.97 Å². The van der Waals surface area contributed by atoms with E-state index in [1.165, 1.54) is 12.3 Å². The summed E-state index contributed by atoms with van der Waals surface area (Å²) in [4.78, 5) is 9.87. The molecule has 0 aliphatic carbocycles. The minimum atomic E-state index is -4.39. The van der Waals surface area contributed by atoms with Gasteiger partial charge >= 0.3 is 6.18 Å². The monoisotopic (exact) mass is 336 g/mol. The van der Waals surface area contributed by atoms with Crippen LogP contribution in [0.3, 0.4) is 0 Å². The van der Waals surface area contributed by atoms with E-state index < -0.39 is 11.7 Å². The van der Waals surface area contributed by atoms with Crippen molar-refractivity contribution in [2.45, 2.75) is 33.0 Å². The quantitative estimate of drug-likeness (QED) is 0.882. The van der Waals surface area contributed by atoms with Crippen LogP contribution in [0.5, 0.6) is 0 Å². The molecule has 0 saturated heterocycles. The molecular weight excluding hydrogens is 317 g/mol. The Morgan fingerprint density at radius 3 is 2.46 bits per heavy atom. The van der Waals surface area contributed by atoms with E-state index in [9.17, 15) is 13.2 Å². The van der Waals surface area contributed by atoms with E-state index in [1.54, 1.807) is 25.1 Å². The van der Waals surface area contributed by atoms with Crippen LogP contribution in [0.1, 0.15) is 31.9 Å². The van der Waals surface area contributed by atoms with Crippen molar-refractivity contribution < 1.29 is 13.2 Å². The summed E-state index contributed by atoms with van der Waals surface area (Å²) in [5, 5.41) is 0. The van der Waals surface area contributed by atoms with Crippen molar-refractivity contribution >= 4 is 23.5 Å². The summed E-state index contributed by atoms with van der Waals surface area (Å²) in [6.07, 6.45) is 0.472. The van der Waals surface area contributed by atoms with Gasteiger partial charge < -0.3 is 10.6 Å². The van der Waals surface area contributed by atoms with Gasteiger partial charge in [-0.1, -0.05) is 12.2 Å². The summed E-state index contributed by atoms with van der Waals surface area (Å²) in [6.45, 7) is 5.61. The van der Waals surface area contributed by atoms with Gasteiger partial charge in [-0.2, -0.15) is 18.2 Å². The van der Waals surface area contributed by atoms with Gasteiger partial charge in [0.05, 0.1) is 5.56 Å². The van der Waals surface area contributed by atoms with Gasteiger partial charge in [-0.3, -0.25) is 0 Å². The molecule has 0 radical (unpaired) electrons. The average molecular weight is 336 g/mol. The van der Waals surface area contributed by atoms with Crippen LogP contribution in [0.15, 0.2) is 36.5 Å². The molecule has 1 aromatic carbocycles. The van der Waals surface area contributed by atoms with Gasteiger partial charge in [0.1, 0.15) is 5.82 Å². The Balaban J connectivity index is 2.62. The summed E-state index contributed by atoms with van der Waals surface area (Å²) in [5.41, 5.74) is 6.03. The molecule has 2 N–H and O–H groups in total. The number of rotatable bonds is 4. The summed E-state index contributed by atoms with van der Waals surface area (Å²) >= 11 is 0. The van der Waals surface area contributed by atoms with Crippen molar-refractivity contribution in [1.29, 1.82) is 0 Å². The lowest BCUT2D eigenvalue weighted by Crippen LogP contribution is -2.27. The molecule has 7 heteroatoms. The molecule has 128 valence electrons. The van der Waals surface area contributed by atoms with Crippen molar-refractivity contribution in [3.63, 3.8) is 0 Å². The van der Waals surface area contributed by atoms with E-state index >= 15 is 0 Å². The molecule has 1 heterocycles. The summed E-state index contributed by atoms with van der Waals surface area (Å²) in [7, 11) is 0. The van der Waals surface area contributed by atoms with Crippen molar-refractivity contribution in [3.05, 3.63) is 47.7 Å². The SMILES string of the molecule is C/C=C/c1cc(C(F)(F)F)ccc1N(c1ccnc(N)n1)C(C)C. The van der Waals surface area contributed by atoms with Crippen LogP contribution in [-0.2, 0) is 6.18 Å². The van der Waals surface area contributed by atoms with Crippen molar-refractivity contribution in [2.75, 3.05) is 10.6 Å². The van der Waals surface area contributed by atoms with E-state index in [0.717, 1.165) is 12.1 Å². The highest BCUT2D eigenvalue weighted by Gasteiger charge is 2.31. The van der Waals surface area contributed by atoms with Gasteiger partial charge in [-0.05, 0) is 50.6 Å². The maximum atomic E-state index is 13.0. The molecule has 24 heavy (non-hydrogen) atoms. The summed E-state index contributed by atoms with van der Waals surface area (Å²) in [6, 6.07) is 5.29. The van der Waals surface area contributed by atoms with Crippen LogP contribution in [-0.4, -0.2) is 16.0 Å². The van der Waals surface area contributed by atoms with Gasteiger partial charge in [-0.25, -0.2) is 4.98 Å². The first-order valence-corrected chi connectivity index (χ1v) is 7.45. The second-order valence-corrected chi connectivity index (χ2v) is 5.51. The Kier molecular flexibility index (Phi) is 5.11. The molecule has 0 unspecified atom stereocenters. The van der Waals surface area contributed by atoms with Crippen LogP contribution < -0.4 is 10.6 Å². The second kappa shape index (κ2) is 6.90. The number of alkyl halides is 3. The van der Waals surface area contributed by atoms with E-state index in [4.69, 9.17) is 5.73 Å². The van der Waals surface area contributed by atoms with E-state index in [1.807, 2.05) is 18.7 Å². The highest BCUT2D eigenvalue weighted by molar-refractivity contribution is 5.74. The Morgan fingerprint density at radius 1 is 1.21 bits per heavy atom. The third kappa shape index (κ3) is 3.84. The number of hydrogen-bond acceptors (Lipinski definition) is 4. The zero-order valence-electron chi connectivity index (χ0n) is 13.7. The number of nitrogen functional groups attached to an aromatic ring is 1. The summed E-state index contributed by atoms with van der Waals surface area (Å²) < 4.78 is 39.0. The first-order valence-electron chi connectivity index (χ1n) is 7.45. The normalized spacial score (nSPS) is 12.1. The number of aromatic nitrogens is 2. The third-order valence-corrected chi connectivity index (χ3v) is 3.38. The largest absolute Gasteiger partial charge is 0.416 e. The molecular formula is C17H19F3N4. The molecule has 0 atom stereocenters. The Bertz CT molecular complexity index is 739. The van der Waals surface area contributed by atoms with Crippen molar-refractivity contribution in [2.24, 2.45) is 0 Å². The molecule has 0 aliphatic rings. The number of benzene rings is 1. The maximum Gasteiger partial charge on any atom is 0.416 e. The van der Waals surface area contributed by atoms with Crippen LogP contribution in [0.4, 0.5) is 30.6 Å². The topological polar surface area (TPSA) is 55.0 Å². The van der Waals surface area contributed by atoms with Crippen LogP contribution in [0.25, 0.3) is 6.08 Å². The minimum absolute atomic E-state index is 0.0416. The lowest BCUT2D eigenvalue weighted by molar-refractivity contribution is -0.137. The number of nitrogens with zero attached hydrogens (tertiary/aromatic N) is 3. The predicted molar refractivity (Wildman–Crippen MR) is 89.9 cm³/mol. The molecule has 1 aromatic heterocycles.